The number of amides is 3. The molecule has 1 saturated carbocycles. The average molecular weight is 340 g/mol. The molecule has 9 heteroatoms. The van der Waals surface area contributed by atoms with Crippen LogP contribution in [0.3, 0.4) is 0 Å². The summed E-state index contributed by atoms with van der Waals surface area (Å²) >= 11 is 1.06. The number of benzene rings is 1. The number of urea groups is 1. The van der Waals surface area contributed by atoms with Crippen LogP contribution in [-0.2, 0) is 4.79 Å². The van der Waals surface area contributed by atoms with Crippen molar-refractivity contribution in [3.8, 4) is 0 Å². The first-order chi connectivity index (χ1) is 10.9. The van der Waals surface area contributed by atoms with Gasteiger partial charge in [0.05, 0.1) is 16.3 Å². The van der Waals surface area contributed by atoms with Gasteiger partial charge in [-0.3, -0.25) is 10.1 Å². The molecule has 1 aromatic heterocycles. The highest BCUT2D eigenvalue weighted by atomic mass is 32.2. The van der Waals surface area contributed by atoms with Crippen LogP contribution in [0.1, 0.15) is 19.8 Å². The first-order valence-corrected chi connectivity index (χ1v) is 7.93. The lowest BCUT2D eigenvalue weighted by Crippen LogP contribution is -2.43. The Morgan fingerprint density at radius 3 is 2.74 bits per heavy atom. The number of imide groups is 1. The second-order valence-corrected chi connectivity index (χ2v) is 6.65. The van der Waals surface area contributed by atoms with Crippen molar-refractivity contribution < 1.29 is 18.4 Å². The lowest BCUT2D eigenvalue weighted by molar-refractivity contribution is -0.119. The van der Waals surface area contributed by atoms with Gasteiger partial charge in [-0.1, -0.05) is 11.8 Å². The lowest BCUT2D eigenvalue weighted by atomic mass is 10.3. The third-order valence-corrected chi connectivity index (χ3v) is 4.29. The minimum absolute atomic E-state index is 0.158. The SMILES string of the molecule is CC(Sc1nc2cc(F)c(F)cc2[nH]1)C(=O)NC(=O)NC1CC1. The van der Waals surface area contributed by atoms with E-state index in [0.29, 0.717) is 10.7 Å². The van der Waals surface area contributed by atoms with Gasteiger partial charge in [0, 0.05) is 18.2 Å². The monoisotopic (exact) mass is 340 g/mol. The number of carbonyl (C=O) groups excluding carboxylic acids is 2. The van der Waals surface area contributed by atoms with E-state index in [4.69, 9.17) is 0 Å². The third-order valence-electron chi connectivity index (χ3n) is 3.31. The molecule has 0 radical (unpaired) electrons. The molecule has 1 aromatic carbocycles. The van der Waals surface area contributed by atoms with Gasteiger partial charge in [0.2, 0.25) is 5.91 Å². The van der Waals surface area contributed by atoms with Crippen molar-refractivity contribution in [3.63, 3.8) is 0 Å². The first-order valence-electron chi connectivity index (χ1n) is 7.05. The predicted molar refractivity (Wildman–Crippen MR) is 81.0 cm³/mol. The summed E-state index contributed by atoms with van der Waals surface area (Å²) in [6.45, 7) is 1.61. The van der Waals surface area contributed by atoms with Crippen LogP contribution in [0.4, 0.5) is 13.6 Å². The smallest absolute Gasteiger partial charge is 0.321 e. The first kappa shape index (κ1) is 15.7. The van der Waals surface area contributed by atoms with Crippen LogP contribution in [-0.4, -0.2) is 33.2 Å². The second kappa shape index (κ2) is 6.15. The van der Waals surface area contributed by atoms with Crippen molar-refractivity contribution in [2.75, 3.05) is 0 Å². The molecule has 0 aliphatic heterocycles. The van der Waals surface area contributed by atoms with E-state index < -0.39 is 28.8 Å². The van der Waals surface area contributed by atoms with Crippen LogP contribution in [0, 0.1) is 11.6 Å². The number of hydrogen-bond donors (Lipinski definition) is 3. The summed E-state index contributed by atoms with van der Waals surface area (Å²) in [6.07, 6.45) is 1.86. The highest BCUT2D eigenvalue weighted by Crippen LogP contribution is 2.25. The van der Waals surface area contributed by atoms with Crippen molar-refractivity contribution in [1.82, 2.24) is 20.6 Å². The molecule has 122 valence electrons. The number of halogens is 2. The van der Waals surface area contributed by atoms with Crippen LogP contribution >= 0.6 is 11.8 Å². The molecule has 1 fully saturated rings. The number of aromatic nitrogens is 2. The average Bonchev–Trinajstić information content (AvgIpc) is 3.19. The van der Waals surface area contributed by atoms with Crippen LogP contribution in [0.2, 0.25) is 0 Å². The zero-order valence-corrected chi connectivity index (χ0v) is 13.0. The number of hydrogen-bond acceptors (Lipinski definition) is 4. The topological polar surface area (TPSA) is 86.9 Å². The van der Waals surface area contributed by atoms with E-state index in [1.54, 1.807) is 6.92 Å². The molecule has 1 aliphatic carbocycles. The summed E-state index contributed by atoms with van der Waals surface area (Å²) in [6, 6.07) is 1.64. The maximum atomic E-state index is 13.2. The van der Waals surface area contributed by atoms with Crippen LogP contribution in [0.15, 0.2) is 17.3 Å². The molecule has 0 saturated heterocycles. The van der Waals surface area contributed by atoms with E-state index >= 15 is 0 Å². The van der Waals surface area contributed by atoms with E-state index in [0.717, 1.165) is 36.7 Å². The van der Waals surface area contributed by atoms with E-state index in [9.17, 15) is 18.4 Å². The standard InChI is InChI=1S/C14H14F2N4O2S/c1-6(12(21)20-13(22)17-7-2-3-7)23-14-18-10-4-8(15)9(16)5-11(10)19-14/h4-7H,2-3H2,1H3,(H,18,19)(H2,17,20,21,22). The Labute approximate surface area is 134 Å². The summed E-state index contributed by atoms with van der Waals surface area (Å²) in [5.41, 5.74) is 0.607. The molecule has 0 bridgehead atoms. The molecule has 1 atom stereocenters. The maximum Gasteiger partial charge on any atom is 0.321 e. The van der Waals surface area contributed by atoms with Gasteiger partial charge < -0.3 is 10.3 Å². The predicted octanol–water partition coefficient (Wildman–Crippen LogP) is 2.31. The fourth-order valence-electron chi connectivity index (χ4n) is 1.92. The number of H-pyrrole nitrogens is 1. The number of thioether (sulfide) groups is 1. The second-order valence-electron chi connectivity index (χ2n) is 5.32. The van der Waals surface area contributed by atoms with Gasteiger partial charge in [-0.05, 0) is 19.8 Å². The van der Waals surface area contributed by atoms with Gasteiger partial charge in [-0.25, -0.2) is 18.6 Å². The summed E-state index contributed by atoms with van der Waals surface area (Å²) in [4.78, 5) is 30.4. The van der Waals surface area contributed by atoms with Crippen LogP contribution in [0.25, 0.3) is 11.0 Å². The molecule has 1 aliphatic rings. The summed E-state index contributed by atoms with van der Waals surface area (Å²) in [5, 5.41) is 4.64. The Morgan fingerprint density at radius 2 is 2.04 bits per heavy atom. The number of nitrogens with one attached hydrogen (secondary N) is 3. The number of nitrogens with zero attached hydrogens (tertiary/aromatic N) is 1. The lowest BCUT2D eigenvalue weighted by Gasteiger charge is -2.10. The molecule has 1 unspecified atom stereocenters. The van der Waals surface area contributed by atoms with Crippen LogP contribution < -0.4 is 10.6 Å². The molecule has 3 rings (SSSR count). The molecule has 6 nitrogen and oxygen atoms in total. The summed E-state index contributed by atoms with van der Waals surface area (Å²) < 4.78 is 26.3. The Morgan fingerprint density at radius 1 is 1.35 bits per heavy atom. The van der Waals surface area contributed by atoms with Gasteiger partial charge in [0.25, 0.3) is 0 Å². The van der Waals surface area contributed by atoms with Crippen molar-refractivity contribution in [2.45, 2.75) is 36.2 Å². The largest absolute Gasteiger partial charge is 0.335 e. The number of imidazole rings is 1. The Bertz CT molecular complexity index is 736. The molecular weight excluding hydrogens is 326 g/mol. The van der Waals surface area contributed by atoms with Crippen molar-refractivity contribution in [2.24, 2.45) is 0 Å². The Balaban J connectivity index is 1.63. The van der Waals surface area contributed by atoms with Crippen LogP contribution in [0.5, 0.6) is 0 Å². The number of fused-ring (bicyclic) bond motifs is 1. The molecule has 2 aromatic rings. The molecule has 23 heavy (non-hydrogen) atoms. The molecule has 1 heterocycles. The third kappa shape index (κ3) is 3.79. The fraction of sp³-hybridized carbons (Fsp3) is 0.357. The zero-order valence-electron chi connectivity index (χ0n) is 12.2. The summed E-state index contributed by atoms with van der Waals surface area (Å²) in [5.74, 6) is -2.42. The molecular formula is C14H14F2N4O2S. The molecule has 3 amide bonds. The summed E-state index contributed by atoms with van der Waals surface area (Å²) in [7, 11) is 0. The van der Waals surface area contributed by atoms with E-state index in [2.05, 4.69) is 20.6 Å². The highest BCUT2D eigenvalue weighted by Gasteiger charge is 2.25. The highest BCUT2D eigenvalue weighted by molar-refractivity contribution is 8.00. The molecule has 3 N–H and O–H groups in total. The zero-order chi connectivity index (χ0) is 16.6. The minimum atomic E-state index is -0.983. The maximum absolute atomic E-state index is 13.2. The van der Waals surface area contributed by atoms with E-state index in [1.807, 2.05) is 0 Å². The van der Waals surface area contributed by atoms with Crippen molar-refractivity contribution in [3.05, 3.63) is 23.8 Å². The van der Waals surface area contributed by atoms with Gasteiger partial charge in [0.1, 0.15) is 0 Å². The minimum Gasteiger partial charge on any atom is -0.335 e. The van der Waals surface area contributed by atoms with Gasteiger partial charge >= 0.3 is 6.03 Å². The Hall–Kier alpha value is -2.16. The van der Waals surface area contributed by atoms with Gasteiger partial charge in [-0.15, -0.1) is 0 Å². The number of carbonyl (C=O) groups is 2. The Kier molecular flexibility index (Phi) is 4.20. The fourth-order valence-corrected chi connectivity index (χ4v) is 2.74. The van der Waals surface area contributed by atoms with Gasteiger partial charge in [-0.2, -0.15) is 0 Å². The quantitative estimate of drug-likeness (QED) is 0.746. The normalized spacial score (nSPS) is 15.4. The van der Waals surface area contributed by atoms with Crippen molar-refractivity contribution in [1.29, 1.82) is 0 Å². The van der Waals surface area contributed by atoms with Crippen molar-refractivity contribution >= 4 is 34.7 Å². The van der Waals surface area contributed by atoms with E-state index in [1.165, 1.54) is 0 Å². The molecule has 0 spiro atoms. The van der Waals surface area contributed by atoms with E-state index in [-0.39, 0.29) is 11.6 Å². The number of aromatic amines is 1. The van der Waals surface area contributed by atoms with Gasteiger partial charge in [0.15, 0.2) is 16.8 Å². The number of rotatable bonds is 4.